The second-order valence-electron chi connectivity index (χ2n) is 3.20. The summed E-state index contributed by atoms with van der Waals surface area (Å²) in [7, 11) is -4.42. The van der Waals surface area contributed by atoms with Gasteiger partial charge in [0, 0.05) is 6.54 Å². The lowest BCUT2D eigenvalue weighted by molar-refractivity contribution is 0.0696. The minimum Gasteiger partial charge on any atom is -0.478 e. The van der Waals surface area contributed by atoms with Crippen molar-refractivity contribution in [1.82, 2.24) is 4.72 Å². The van der Waals surface area contributed by atoms with Crippen molar-refractivity contribution in [3.05, 3.63) is 29.3 Å². The minimum atomic E-state index is -4.42. The van der Waals surface area contributed by atoms with E-state index in [9.17, 15) is 22.0 Å². The number of carboxylic acid groups (broad SMARTS) is 1. The van der Waals surface area contributed by atoms with Gasteiger partial charge in [-0.3, -0.25) is 0 Å². The number of hydrogen-bond acceptors (Lipinski definition) is 4. The fraction of sp³-hybridized carbons (Fsp3) is 0.222. The summed E-state index contributed by atoms with van der Waals surface area (Å²) in [6.07, 6.45) is 0. The number of nitrogens with one attached hydrogen (secondary N) is 1. The molecule has 0 heterocycles. The maximum atomic E-state index is 13.3. The molecular formula is C9H9F2NO5S. The van der Waals surface area contributed by atoms with Gasteiger partial charge in [0.15, 0.2) is 11.6 Å². The molecular weight excluding hydrogens is 272 g/mol. The molecule has 0 aliphatic heterocycles. The molecule has 9 heteroatoms. The number of aliphatic hydroxyl groups is 1. The van der Waals surface area contributed by atoms with Gasteiger partial charge in [-0.1, -0.05) is 0 Å². The van der Waals surface area contributed by atoms with E-state index in [1.807, 2.05) is 0 Å². The summed E-state index contributed by atoms with van der Waals surface area (Å²) >= 11 is 0. The lowest BCUT2D eigenvalue weighted by Gasteiger charge is -2.08. The molecule has 0 aromatic heterocycles. The lowest BCUT2D eigenvalue weighted by atomic mass is 10.2. The summed E-state index contributed by atoms with van der Waals surface area (Å²) in [5, 5.41) is 17.1. The Kier molecular flexibility index (Phi) is 4.33. The average Bonchev–Trinajstić information content (AvgIpc) is 2.29. The molecule has 18 heavy (non-hydrogen) atoms. The van der Waals surface area contributed by atoms with Crippen molar-refractivity contribution in [2.75, 3.05) is 13.2 Å². The number of rotatable bonds is 5. The highest BCUT2D eigenvalue weighted by Crippen LogP contribution is 2.19. The predicted octanol–water partition coefficient (Wildman–Crippen LogP) is -0.0664. The topological polar surface area (TPSA) is 104 Å². The van der Waals surface area contributed by atoms with Gasteiger partial charge in [0.1, 0.15) is 4.90 Å². The summed E-state index contributed by atoms with van der Waals surface area (Å²) in [6.45, 7) is -0.942. The Morgan fingerprint density at radius 1 is 1.33 bits per heavy atom. The van der Waals surface area contributed by atoms with E-state index < -0.39 is 51.2 Å². The molecule has 100 valence electrons. The second-order valence-corrected chi connectivity index (χ2v) is 4.93. The molecule has 1 rings (SSSR count). The van der Waals surface area contributed by atoms with E-state index >= 15 is 0 Å². The van der Waals surface area contributed by atoms with Crippen LogP contribution < -0.4 is 4.72 Å². The predicted molar refractivity (Wildman–Crippen MR) is 55.6 cm³/mol. The van der Waals surface area contributed by atoms with E-state index in [-0.39, 0.29) is 0 Å². The fourth-order valence-electron chi connectivity index (χ4n) is 1.14. The van der Waals surface area contributed by atoms with Crippen molar-refractivity contribution in [1.29, 1.82) is 0 Å². The first-order valence-corrected chi connectivity index (χ1v) is 6.10. The molecule has 0 bridgehead atoms. The van der Waals surface area contributed by atoms with E-state index in [0.717, 1.165) is 0 Å². The maximum absolute atomic E-state index is 13.3. The number of halogens is 2. The van der Waals surface area contributed by atoms with E-state index in [2.05, 4.69) is 0 Å². The lowest BCUT2D eigenvalue weighted by Crippen LogP contribution is -2.28. The summed E-state index contributed by atoms with van der Waals surface area (Å²) in [6, 6.07) is 0.878. The smallest absolute Gasteiger partial charge is 0.335 e. The molecule has 0 saturated heterocycles. The van der Waals surface area contributed by atoms with Crippen molar-refractivity contribution < 1.29 is 32.2 Å². The molecule has 0 fully saturated rings. The van der Waals surface area contributed by atoms with Gasteiger partial charge in [-0.15, -0.1) is 0 Å². The normalized spacial score (nSPS) is 11.5. The van der Waals surface area contributed by atoms with Crippen LogP contribution in [0.3, 0.4) is 0 Å². The van der Waals surface area contributed by atoms with Crippen molar-refractivity contribution in [2.45, 2.75) is 4.90 Å². The molecule has 0 spiro atoms. The Hall–Kier alpha value is -1.58. The number of aromatic carboxylic acids is 1. The van der Waals surface area contributed by atoms with Crippen molar-refractivity contribution in [3.63, 3.8) is 0 Å². The Labute approximate surface area is 101 Å². The number of aliphatic hydroxyl groups excluding tert-OH is 1. The van der Waals surface area contributed by atoms with Crippen LogP contribution >= 0.6 is 0 Å². The van der Waals surface area contributed by atoms with Crippen molar-refractivity contribution in [2.24, 2.45) is 0 Å². The molecule has 0 amide bonds. The van der Waals surface area contributed by atoms with Gasteiger partial charge >= 0.3 is 5.97 Å². The third-order valence-electron chi connectivity index (χ3n) is 1.94. The first-order valence-electron chi connectivity index (χ1n) is 4.62. The van der Waals surface area contributed by atoms with Crippen molar-refractivity contribution in [3.8, 4) is 0 Å². The molecule has 3 N–H and O–H groups in total. The van der Waals surface area contributed by atoms with Crippen LogP contribution in [0.5, 0.6) is 0 Å². The van der Waals surface area contributed by atoms with Crippen LogP contribution in [0, 0.1) is 11.6 Å². The van der Waals surface area contributed by atoms with E-state index in [1.165, 1.54) is 0 Å². The quantitative estimate of drug-likeness (QED) is 0.701. The highest BCUT2D eigenvalue weighted by Gasteiger charge is 2.24. The third-order valence-corrected chi connectivity index (χ3v) is 3.40. The van der Waals surface area contributed by atoms with Gasteiger partial charge in [0.25, 0.3) is 0 Å². The highest BCUT2D eigenvalue weighted by atomic mass is 32.2. The largest absolute Gasteiger partial charge is 0.478 e. The van der Waals surface area contributed by atoms with E-state index in [4.69, 9.17) is 10.2 Å². The average molecular weight is 281 g/mol. The SMILES string of the molecule is O=C(O)c1cc(F)c(F)c(S(=O)(=O)NCCO)c1. The van der Waals surface area contributed by atoms with Crippen LogP contribution in [0.15, 0.2) is 17.0 Å². The first-order chi connectivity index (χ1) is 8.29. The Balaban J connectivity index is 3.35. The van der Waals surface area contributed by atoms with Crippen LogP contribution in [0.1, 0.15) is 10.4 Å². The van der Waals surface area contributed by atoms with Crippen LogP contribution in [0.4, 0.5) is 8.78 Å². The molecule has 1 aromatic carbocycles. The molecule has 0 aliphatic rings. The van der Waals surface area contributed by atoms with E-state index in [1.54, 1.807) is 4.72 Å². The van der Waals surface area contributed by atoms with Gasteiger partial charge < -0.3 is 10.2 Å². The Morgan fingerprint density at radius 3 is 2.44 bits per heavy atom. The zero-order valence-corrected chi connectivity index (χ0v) is 9.67. The number of carboxylic acids is 1. The van der Waals surface area contributed by atoms with Gasteiger partial charge in [-0.25, -0.2) is 26.7 Å². The van der Waals surface area contributed by atoms with E-state index in [0.29, 0.717) is 12.1 Å². The fourth-order valence-corrected chi connectivity index (χ4v) is 2.27. The number of carbonyl (C=O) groups is 1. The molecule has 0 radical (unpaired) electrons. The van der Waals surface area contributed by atoms with Crippen LogP contribution in [0.25, 0.3) is 0 Å². The van der Waals surface area contributed by atoms with Gasteiger partial charge in [-0.2, -0.15) is 0 Å². The highest BCUT2D eigenvalue weighted by molar-refractivity contribution is 7.89. The minimum absolute atomic E-state index is 0.378. The molecule has 0 atom stereocenters. The summed E-state index contributed by atoms with van der Waals surface area (Å²) < 4.78 is 51.2. The summed E-state index contributed by atoms with van der Waals surface area (Å²) in [4.78, 5) is 9.50. The van der Waals surface area contributed by atoms with Crippen LogP contribution in [-0.4, -0.2) is 37.8 Å². The zero-order valence-electron chi connectivity index (χ0n) is 8.85. The van der Waals surface area contributed by atoms with Gasteiger partial charge in [-0.05, 0) is 12.1 Å². The molecule has 0 saturated carbocycles. The summed E-state index contributed by atoms with van der Waals surface area (Å²) in [5.74, 6) is -4.85. The molecule has 6 nitrogen and oxygen atoms in total. The monoisotopic (exact) mass is 281 g/mol. The van der Waals surface area contributed by atoms with Crippen LogP contribution in [-0.2, 0) is 10.0 Å². The first kappa shape index (κ1) is 14.5. The van der Waals surface area contributed by atoms with Crippen LogP contribution in [0.2, 0.25) is 0 Å². The van der Waals surface area contributed by atoms with Gasteiger partial charge in [0.05, 0.1) is 12.2 Å². The summed E-state index contributed by atoms with van der Waals surface area (Å²) in [5.41, 5.74) is -0.696. The number of benzene rings is 1. The second kappa shape index (κ2) is 5.38. The van der Waals surface area contributed by atoms with Gasteiger partial charge in [0.2, 0.25) is 10.0 Å². The molecule has 0 aliphatic carbocycles. The van der Waals surface area contributed by atoms with Crippen molar-refractivity contribution >= 4 is 16.0 Å². The molecule has 0 unspecified atom stereocenters. The molecule has 1 aromatic rings. The Morgan fingerprint density at radius 2 is 1.94 bits per heavy atom. The number of sulfonamides is 1. The zero-order chi connectivity index (χ0) is 13.9. The third kappa shape index (κ3) is 3.00. The Bertz CT molecular complexity index is 573. The maximum Gasteiger partial charge on any atom is 0.335 e. The number of hydrogen-bond donors (Lipinski definition) is 3. The standard InChI is InChI=1S/C9H9F2NO5S/c10-6-3-5(9(14)15)4-7(8(6)11)18(16,17)12-1-2-13/h3-4,12-13H,1-2H2,(H,14,15).